The van der Waals surface area contributed by atoms with E-state index < -0.39 is 5.54 Å². The molecule has 0 aliphatic carbocycles. The van der Waals surface area contributed by atoms with Gasteiger partial charge in [0.1, 0.15) is 22.7 Å². The minimum Gasteiger partial charge on any atom is -0.441 e. The third-order valence-corrected chi connectivity index (χ3v) is 8.06. The van der Waals surface area contributed by atoms with Gasteiger partial charge in [-0.2, -0.15) is 0 Å². The number of benzene rings is 2. The van der Waals surface area contributed by atoms with Crippen molar-refractivity contribution in [3.8, 4) is 11.3 Å². The van der Waals surface area contributed by atoms with E-state index in [4.69, 9.17) is 15.0 Å². The van der Waals surface area contributed by atoms with Crippen LogP contribution >= 0.6 is 11.3 Å². The fourth-order valence-electron chi connectivity index (χ4n) is 5.07. The Morgan fingerprint density at radius 2 is 2.02 bits per heavy atom. The minimum absolute atomic E-state index is 0.0421. The predicted molar refractivity (Wildman–Crippen MR) is 158 cm³/mol. The lowest BCUT2D eigenvalue weighted by atomic mass is 9.93. The molecule has 8 nitrogen and oxygen atoms in total. The highest BCUT2D eigenvalue weighted by atomic mass is 32.1. The molecule has 2 aromatic carbocycles. The van der Waals surface area contributed by atoms with E-state index in [1.807, 2.05) is 66.6 Å². The Kier molecular flexibility index (Phi) is 7.95. The van der Waals surface area contributed by atoms with Gasteiger partial charge in [-0.15, -0.1) is 11.3 Å². The van der Waals surface area contributed by atoms with E-state index in [1.165, 1.54) is 6.26 Å². The van der Waals surface area contributed by atoms with Crippen LogP contribution in [0.1, 0.15) is 58.0 Å². The van der Waals surface area contributed by atoms with Crippen LogP contribution in [0.25, 0.3) is 17.0 Å². The molecule has 1 unspecified atom stereocenters. The molecule has 0 saturated carbocycles. The molecule has 40 heavy (non-hydrogen) atoms. The number of carbonyl (C=O) groups is 1. The Labute approximate surface area is 238 Å². The molecule has 1 amide bonds. The zero-order chi connectivity index (χ0) is 28.3. The van der Waals surface area contributed by atoms with Crippen molar-refractivity contribution < 1.29 is 14.1 Å². The van der Waals surface area contributed by atoms with Crippen LogP contribution in [0.3, 0.4) is 0 Å². The molecule has 1 aliphatic rings. The molecule has 1 saturated heterocycles. The number of hydrogen-bond acceptors (Lipinski definition) is 8. The number of aliphatic imine (C=N–C) groups is 1. The summed E-state index contributed by atoms with van der Waals surface area (Å²) >= 11 is 1.60. The molecule has 9 heteroatoms. The van der Waals surface area contributed by atoms with E-state index in [2.05, 4.69) is 21.7 Å². The highest BCUT2D eigenvalue weighted by Crippen LogP contribution is 2.36. The topological polar surface area (TPSA) is 107 Å². The third-order valence-electron chi connectivity index (χ3n) is 7.00. The van der Waals surface area contributed by atoms with Gasteiger partial charge in [-0.3, -0.25) is 9.79 Å². The third kappa shape index (κ3) is 5.90. The number of amides is 1. The van der Waals surface area contributed by atoms with Gasteiger partial charge in [0.05, 0.1) is 11.6 Å². The van der Waals surface area contributed by atoms with E-state index in [9.17, 15) is 4.79 Å². The quantitative estimate of drug-likeness (QED) is 0.161. The van der Waals surface area contributed by atoms with Crippen LogP contribution in [0.4, 0.5) is 0 Å². The molecule has 0 spiro atoms. The Morgan fingerprint density at radius 1 is 1.25 bits per heavy atom. The molecular formula is C31H33N5O3S. The summed E-state index contributed by atoms with van der Waals surface area (Å²) in [6.07, 6.45) is 3.84. The lowest BCUT2D eigenvalue weighted by Gasteiger charge is -2.27. The number of nitrogens with zero attached hydrogens (tertiary/aromatic N) is 4. The number of ether oxygens (including phenoxy) is 1. The fourth-order valence-corrected chi connectivity index (χ4v) is 6.01. The van der Waals surface area contributed by atoms with Gasteiger partial charge in [0, 0.05) is 47.4 Å². The summed E-state index contributed by atoms with van der Waals surface area (Å²) in [5.41, 5.74) is 10.3. The molecule has 2 atom stereocenters. The molecule has 2 N–H and O–H groups in total. The summed E-state index contributed by atoms with van der Waals surface area (Å²) in [7, 11) is 1.65. The highest BCUT2D eigenvalue weighted by Gasteiger charge is 2.33. The molecule has 1 fully saturated rings. The summed E-state index contributed by atoms with van der Waals surface area (Å²) in [6.45, 7) is 8.70. The molecule has 4 aromatic rings. The maximum atomic E-state index is 13.9. The summed E-state index contributed by atoms with van der Waals surface area (Å²) in [4.78, 5) is 24.8. The standard InChI is InChI=1S/C31H33N5O3S/c1-20-19-40-28(34-20)27-11-8-13-36(27)29(37)25-16-23(15-24(17-25)26-12-14-38-35-26)21(2)39-30(33-4)31(3,32)18-22-9-6-5-7-10-22/h5-7,9-10,12,14-17,19,27H,2,8,11,13,18,32H2,1,3-4H3/b33-30-/t27-,31?/m1/s1. The van der Waals surface area contributed by atoms with E-state index >= 15 is 0 Å². The van der Waals surface area contributed by atoms with Crippen LogP contribution in [0.5, 0.6) is 0 Å². The van der Waals surface area contributed by atoms with Crippen molar-refractivity contribution in [2.45, 2.75) is 44.7 Å². The highest BCUT2D eigenvalue weighted by molar-refractivity contribution is 7.09. The molecule has 0 bridgehead atoms. The average molecular weight is 556 g/mol. The molecule has 5 rings (SSSR count). The number of thiazole rings is 1. The maximum absolute atomic E-state index is 13.9. The van der Waals surface area contributed by atoms with E-state index in [1.54, 1.807) is 30.5 Å². The zero-order valence-electron chi connectivity index (χ0n) is 23.0. The largest absolute Gasteiger partial charge is 0.441 e. The summed E-state index contributed by atoms with van der Waals surface area (Å²) in [5, 5.41) is 7.08. The summed E-state index contributed by atoms with van der Waals surface area (Å²) in [5.74, 6) is 0.602. The molecule has 3 heterocycles. The van der Waals surface area contributed by atoms with Gasteiger partial charge in [0.25, 0.3) is 5.91 Å². The molecule has 206 valence electrons. The van der Waals surface area contributed by atoms with Crippen molar-refractivity contribution in [2.24, 2.45) is 10.7 Å². The first-order valence-corrected chi connectivity index (χ1v) is 14.1. The zero-order valence-corrected chi connectivity index (χ0v) is 23.8. The first-order valence-electron chi connectivity index (χ1n) is 13.2. The van der Waals surface area contributed by atoms with Crippen molar-refractivity contribution in [2.75, 3.05) is 13.6 Å². The Hall–Kier alpha value is -4.08. The van der Waals surface area contributed by atoms with Crippen LogP contribution in [-0.4, -0.2) is 46.0 Å². The van der Waals surface area contributed by atoms with Gasteiger partial charge in [-0.25, -0.2) is 4.98 Å². The first-order chi connectivity index (χ1) is 19.2. The van der Waals surface area contributed by atoms with Crippen molar-refractivity contribution in [1.29, 1.82) is 0 Å². The minimum atomic E-state index is -0.879. The molecule has 2 aromatic heterocycles. The van der Waals surface area contributed by atoms with Gasteiger partial charge in [-0.05, 0) is 56.9 Å². The van der Waals surface area contributed by atoms with E-state index in [-0.39, 0.29) is 11.9 Å². The number of carbonyl (C=O) groups excluding carboxylic acids is 1. The average Bonchev–Trinajstić information content (AvgIpc) is 3.73. The van der Waals surface area contributed by atoms with Crippen LogP contribution in [0.15, 0.2) is 82.3 Å². The van der Waals surface area contributed by atoms with Gasteiger partial charge >= 0.3 is 0 Å². The monoisotopic (exact) mass is 555 g/mol. The fraction of sp³-hybridized carbons (Fsp3) is 0.290. The summed E-state index contributed by atoms with van der Waals surface area (Å²) < 4.78 is 11.3. The van der Waals surface area contributed by atoms with E-state index in [0.29, 0.717) is 41.4 Å². The SMILES string of the molecule is C=C(O/C(=N\C)C(C)(N)Cc1ccccc1)c1cc(C(=O)N2CCC[C@@H]2c2nc(C)cs2)cc(-c2ccon2)c1. The van der Waals surface area contributed by atoms with Crippen LogP contribution in [-0.2, 0) is 11.2 Å². The summed E-state index contributed by atoms with van der Waals surface area (Å²) in [6, 6.07) is 17.2. The smallest absolute Gasteiger partial charge is 0.254 e. The lowest BCUT2D eigenvalue weighted by Crippen LogP contribution is -2.48. The molecule has 1 aliphatic heterocycles. The number of aromatic nitrogens is 2. The van der Waals surface area contributed by atoms with Crippen LogP contribution in [0.2, 0.25) is 0 Å². The second-order valence-corrected chi connectivity index (χ2v) is 11.2. The second-order valence-electron chi connectivity index (χ2n) is 10.3. The number of likely N-dealkylation sites (tertiary alicyclic amines) is 1. The van der Waals surface area contributed by atoms with Crippen LogP contribution < -0.4 is 5.73 Å². The molecule has 0 radical (unpaired) electrons. The first kappa shape index (κ1) is 27.5. The van der Waals surface area contributed by atoms with Crippen molar-refractivity contribution in [3.63, 3.8) is 0 Å². The van der Waals surface area contributed by atoms with E-state index in [0.717, 1.165) is 34.7 Å². The Bertz CT molecular complexity index is 1530. The van der Waals surface area contributed by atoms with Crippen molar-refractivity contribution in [1.82, 2.24) is 15.0 Å². The number of aryl methyl sites for hydroxylation is 1. The Balaban J connectivity index is 1.44. The number of nitrogens with two attached hydrogens (primary N) is 1. The lowest BCUT2D eigenvalue weighted by molar-refractivity contribution is 0.0735. The van der Waals surface area contributed by atoms with Gasteiger partial charge in [0.15, 0.2) is 0 Å². The maximum Gasteiger partial charge on any atom is 0.254 e. The van der Waals surface area contributed by atoms with Crippen LogP contribution in [0, 0.1) is 6.92 Å². The van der Waals surface area contributed by atoms with Gasteiger partial charge in [0.2, 0.25) is 5.90 Å². The second kappa shape index (κ2) is 11.6. The van der Waals surface area contributed by atoms with Crippen molar-refractivity contribution in [3.05, 3.63) is 100 Å². The number of rotatable bonds is 8. The van der Waals surface area contributed by atoms with Crippen molar-refractivity contribution >= 4 is 28.9 Å². The normalized spacial score (nSPS) is 17.1. The van der Waals surface area contributed by atoms with Gasteiger partial charge < -0.3 is 19.9 Å². The number of hydrogen-bond donors (Lipinski definition) is 1. The van der Waals surface area contributed by atoms with Gasteiger partial charge in [-0.1, -0.05) is 42.1 Å². The molecular weight excluding hydrogens is 522 g/mol. The Morgan fingerprint density at radius 3 is 2.70 bits per heavy atom. The predicted octanol–water partition coefficient (Wildman–Crippen LogP) is 6.06.